The van der Waals surface area contributed by atoms with Crippen molar-refractivity contribution in [1.82, 2.24) is 15.1 Å². The van der Waals surface area contributed by atoms with E-state index in [9.17, 15) is 9.59 Å². The Hall–Kier alpha value is -3.32. The summed E-state index contributed by atoms with van der Waals surface area (Å²) in [7, 11) is 0. The van der Waals surface area contributed by atoms with Gasteiger partial charge in [0.25, 0.3) is 0 Å². The van der Waals surface area contributed by atoms with E-state index in [2.05, 4.69) is 15.5 Å². The summed E-state index contributed by atoms with van der Waals surface area (Å²) in [5, 5.41) is 12.4. The molecule has 3 aromatic rings. The molecular weight excluding hydrogens is 396 g/mol. The van der Waals surface area contributed by atoms with Gasteiger partial charge < -0.3 is 10.2 Å². The zero-order valence-electron chi connectivity index (χ0n) is 16.4. The molecule has 0 bridgehead atoms. The largest absolute Gasteiger partial charge is 0.339 e. The normalized spacial score (nSPS) is 14.7. The summed E-state index contributed by atoms with van der Waals surface area (Å²) in [5.74, 6) is -0.205. The van der Waals surface area contributed by atoms with Gasteiger partial charge in [-0.25, -0.2) is 0 Å². The summed E-state index contributed by atoms with van der Waals surface area (Å²) in [6, 6.07) is 19.5. The van der Waals surface area contributed by atoms with Crippen LogP contribution in [0.5, 0.6) is 0 Å². The Morgan fingerprint density at radius 1 is 0.967 bits per heavy atom. The van der Waals surface area contributed by atoms with Crippen molar-refractivity contribution in [2.75, 3.05) is 18.4 Å². The predicted molar refractivity (Wildman–Crippen MR) is 119 cm³/mol. The van der Waals surface area contributed by atoms with Crippen LogP contribution in [0.15, 0.2) is 66.7 Å². The van der Waals surface area contributed by atoms with Crippen LogP contribution in [-0.4, -0.2) is 40.0 Å². The minimum atomic E-state index is -0.128. The summed E-state index contributed by atoms with van der Waals surface area (Å²) in [6.45, 7) is 1.14. The Balaban J connectivity index is 1.28. The van der Waals surface area contributed by atoms with Crippen LogP contribution in [0.3, 0.4) is 0 Å². The lowest BCUT2D eigenvalue weighted by Crippen LogP contribution is -2.40. The van der Waals surface area contributed by atoms with E-state index in [0.717, 1.165) is 16.1 Å². The molecule has 30 heavy (non-hydrogen) atoms. The molecule has 0 spiro atoms. The standard InChI is InChI=1S/C23H22N4O2S/c28-20(12-11-17-7-3-1-4-8-17)27-15-13-18(14-16-27)21(29)24-23-26-25-22(30-23)19-9-5-2-6-10-19/h1-12,18H,13-16H2,(H,24,26,29)/b12-11+. The van der Waals surface area contributed by atoms with Gasteiger partial charge >= 0.3 is 0 Å². The minimum Gasteiger partial charge on any atom is -0.339 e. The number of aromatic nitrogens is 2. The van der Waals surface area contributed by atoms with Crippen LogP contribution in [0.1, 0.15) is 18.4 Å². The molecule has 0 aliphatic carbocycles. The highest BCUT2D eigenvalue weighted by Gasteiger charge is 2.27. The molecule has 1 aliphatic rings. The first kappa shape index (κ1) is 20.0. The molecule has 1 N–H and O–H groups in total. The minimum absolute atomic E-state index is 0.0191. The number of hydrogen-bond donors (Lipinski definition) is 1. The number of piperidine rings is 1. The Bertz CT molecular complexity index is 1030. The first-order chi connectivity index (χ1) is 14.7. The smallest absolute Gasteiger partial charge is 0.246 e. The van der Waals surface area contributed by atoms with Crippen LogP contribution >= 0.6 is 11.3 Å². The fraction of sp³-hybridized carbons (Fsp3) is 0.217. The van der Waals surface area contributed by atoms with Crippen molar-refractivity contribution in [2.45, 2.75) is 12.8 Å². The Kier molecular flexibility index (Phi) is 6.29. The molecule has 6 nitrogen and oxygen atoms in total. The van der Waals surface area contributed by atoms with Crippen molar-refractivity contribution in [1.29, 1.82) is 0 Å². The lowest BCUT2D eigenvalue weighted by molar-refractivity contribution is -0.130. The number of likely N-dealkylation sites (tertiary alicyclic amines) is 1. The van der Waals surface area contributed by atoms with Crippen molar-refractivity contribution in [3.63, 3.8) is 0 Å². The van der Waals surface area contributed by atoms with Gasteiger partial charge in [0.2, 0.25) is 16.9 Å². The first-order valence-electron chi connectivity index (χ1n) is 9.91. The maximum atomic E-state index is 12.6. The van der Waals surface area contributed by atoms with Gasteiger partial charge in [-0.2, -0.15) is 0 Å². The number of amides is 2. The van der Waals surface area contributed by atoms with Gasteiger partial charge in [-0.15, -0.1) is 10.2 Å². The SMILES string of the molecule is O=C(Nc1nnc(-c2ccccc2)s1)C1CCN(C(=O)/C=C/c2ccccc2)CC1. The Morgan fingerprint density at radius 3 is 2.33 bits per heavy atom. The highest BCUT2D eigenvalue weighted by atomic mass is 32.1. The van der Waals surface area contributed by atoms with E-state index in [1.165, 1.54) is 11.3 Å². The summed E-state index contributed by atoms with van der Waals surface area (Å²) in [4.78, 5) is 26.8. The van der Waals surface area contributed by atoms with Crippen LogP contribution in [0.4, 0.5) is 5.13 Å². The van der Waals surface area contributed by atoms with E-state index in [1.807, 2.05) is 66.7 Å². The zero-order chi connectivity index (χ0) is 20.8. The molecular formula is C23H22N4O2S. The highest BCUT2D eigenvalue weighted by molar-refractivity contribution is 7.18. The van der Waals surface area contributed by atoms with Crippen molar-refractivity contribution in [2.24, 2.45) is 5.92 Å². The van der Waals surface area contributed by atoms with Gasteiger partial charge in [0, 0.05) is 30.6 Å². The third-order valence-corrected chi connectivity index (χ3v) is 5.96. The lowest BCUT2D eigenvalue weighted by atomic mass is 9.96. The van der Waals surface area contributed by atoms with Crippen LogP contribution in [0.2, 0.25) is 0 Å². The van der Waals surface area contributed by atoms with Crippen molar-refractivity contribution < 1.29 is 9.59 Å². The van der Waals surface area contributed by atoms with Crippen LogP contribution in [0.25, 0.3) is 16.6 Å². The van der Waals surface area contributed by atoms with Gasteiger partial charge in [0.05, 0.1) is 0 Å². The number of hydrogen-bond acceptors (Lipinski definition) is 5. The van der Waals surface area contributed by atoms with Crippen molar-refractivity contribution in [3.05, 3.63) is 72.3 Å². The maximum absolute atomic E-state index is 12.6. The van der Waals surface area contributed by atoms with Gasteiger partial charge in [0.1, 0.15) is 5.01 Å². The second kappa shape index (κ2) is 9.45. The second-order valence-electron chi connectivity index (χ2n) is 7.11. The molecule has 1 aromatic heterocycles. The number of benzene rings is 2. The van der Waals surface area contributed by atoms with E-state index in [1.54, 1.807) is 11.0 Å². The molecule has 0 radical (unpaired) electrons. The fourth-order valence-corrected chi connectivity index (χ4v) is 4.13. The van der Waals surface area contributed by atoms with E-state index in [4.69, 9.17) is 0 Å². The van der Waals surface area contributed by atoms with E-state index in [0.29, 0.717) is 31.1 Å². The van der Waals surface area contributed by atoms with E-state index in [-0.39, 0.29) is 17.7 Å². The lowest BCUT2D eigenvalue weighted by Gasteiger charge is -2.30. The number of anilines is 1. The molecule has 152 valence electrons. The highest BCUT2D eigenvalue weighted by Crippen LogP contribution is 2.27. The quantitative estimate of drug-likeness (QED) is 0.633. The fourth-order valence-electron chi connectivity index (χ4n) is 3.38. The third kappa shape index (κ3) is 4.99. The maximum Gasteiger partial charge on any atom is 0.246 e. The van der Waals surface area contributed by atoms with Gasteiger partial charge in [-0.3, -0.25) is 9.59 Å². The molecule has 1 aliphatic heterocycles. The summed E-state index contributed by atoms with van der Waals surface area (Å²) < 4.78 is 0. The Labute approximate surface area is 179 Å². The third-order valence-electron chi connectivity index (χ3n) is 5.07. The average Bonchev–Trinajstić information content (AvgIpc) is 3.27. The molecule has 2 amide bonds. The van der Waals surface area contributed by atoms with Crippen LogP contribution in [-0.2, 0) is 9.59 Å². The predicted octanol–water partition coefficient (Wildman–Crippen LogP) is 4.10. The molecule has 0 unspecified atom stereocenters. The van der Waals surface area contributed by atoms with Gasteiger partial charge in [0.15, 0.2) is 0 Å². The molecule has 2 heterocycles. The summed E-state index contributed by atoms with van der Waals surface area (Å²) in [5.41, 5.74) is 1.97. The Morgan fingerprint density at radius 2 is 1.63 bits per heavy atom. The van der Waals surface area contributed by atoms with Crippen molar-refractivity contribution in [3.8, 4) is 10.6 Å². The molecule has 1 fully saturated rings. The first-order valence-corrected chi connectivity index (χ1v) is 10.7. The van der Waals surface area contributed by atoms with Gasteiger partial charge in [-0.05, 0) is 24.5 Å². The molecule has 4 rings (SSSR count). The molecule has 0 saturated carbocycles. The van der Waals surface area contributed by atoms with Crippen LogP contribution in [0, 0.1) is 5.92 Å². The summed E-state index contributed by atoms with van der Waals surface area (Å²) in [6.07, 6.45) is 4.70. The molecule has 7 heteroatoms. The number of nitrogens with zero attached hydrogens (tertiary/aromatic N) is 3. The van der Waals surface area contributed by atoms with E-state index < -0.39 is 0 Å². The number of carbonyl (C=O) groups excluding carboxylic acids is 2. The molecule has 0 atom stereocenters. The number of rotatable bonds is 5. The van der Waals surface area contributed by atoms with E-state index >= 15 is 0 Å². The van der Waals surface area contributed by atoms with Crippen LogP contribution < -0.4 is 5.32 Å². The molecule has 2 aromatic carbocycles. The number of nitrogens with one attached hydrogen (secondary N) is 1. The average molecular weight is 419 g/mol. The summed E-state index contributed by atoms with van der Waals surface area (Å²) >= 11 is 1.36. The number of carbonyl (C=O) groups is 2. The zero-order valence-corrected chi connectivity index (χ0v) is 17.2. The molecule has 1 saturated heterocycles. The monoisotopic (exact) mass is 418 g/mol. The van der Waals surface area contributed by atoms with Crippen molar-refractivity contribution >= 4 is 34.4 Å². The topological polar surface area (TPSA) is 75.2 Å². The van der Waals surface area contributed by atoms with Gasteiger partial charge in [-0.1, -0.05) is 72.0 Å². The second-order valence-corrected chi connectivity index (χ2v) is 8.09.